The van der Waals surface area contributed by atoms with Crippen LogP contribution in [-0.4, -0.2) is 26.4 Å². The van der Waals surface area contributed by atoms with Crippen LogP contribution in [0, 0.1) is 12.8 Å². The molecule has 1 aliphatic rings. The van der Waals surface area contributed by atoms with Gasteiger partial charge >= 0.3 is 0 Å². The highest BCUT2D eigenvalue weighted by atomic mass is 16.5. The molecule has 0 heterocycles. The van der Waals surface area contributed by atoms with Crippen molar-refractivity contribution in [3.05, 3.63) is 23.8 Å². The number of hydrogen-bond donors (Lipinski definition) is 1. The molecule has 2 unspecified atom stereocenters. The van der Waals surface area contributed by atoms with Crippen LogP contribution in [0.2, 0.25) is 0 Å². The Morgan fingerprint density at radius 2 is 2.10 bits per heavy atom. The molecule has 1 aromatic rings. The third kappa shape index (κ3) is 4.92. The molecule has 0 amide bonds. The van der Waals surface area contributed by atoms with Crippen LogP contribution in [0.5, 0.6) is 5.75 Å². The van der Waals surface area contributed by atoms with Crippen molar-refractivity contribution in [2.45, 2.75) is 52.0 Å². The molecular weight excluding hydrogens is 262 g/mol. The molecule has 3 nitrogen and oxygen atoms in total. The van der Waals surface area contributed by atoms with Crippen LogP contribution in [0.3, 0.4) is 0 Å². The van der Waals surface area contributed by atoms with Crippen LogP contribution in [0.25, 0.3) is 0 Å². The first-order chi connectivity index (χ1) is 10.2. The molecular formula is C18H29NO2. The minimum atomic E-state index is 0.580. The van der Waals surface area contributed by atoms with Gasteiger partial charge in [-0.1, -0.05) is 32.3 Å². The predicted molar refractivity (Wildman–Crippen MR) is 88.2 cm³/mol. The Kier molecular flexibility index (Phi) is 6.37. The standard InChI is InChI=1S/C18H29NO2/c1-4-15-6-5-7-16(13-15)19-17-9-8-14(2)12-18(17)21-11-10-20-3/h8-9,12,15-16,19H,4-7,10-11,13H2,1-3H3. The first kappa shape index (κ1) is 16.2. The Bertz CT molecular complexity index is 433. The zero-order valence-electron chi connectivity index (χ0n) is 13.7. The zero-order valence-corrected chi connectivity index (χ0v) is 13.7. The number of anilines is 1. The summed E-state index contributed by atoms with van der Waals surface area (Å²) in [5.74, 6) is 1.82. The molecule has 0 saturated heterocycles. The minimum absolute atomic E-state index is 0.580. The fourth-order valence-electron chi connectivity index (χ4n) is 3.12. The summed E-state index contributed by atoms with van der Waals surface area (Å²) in [4.78, 5) is 0. The highest BCUT2D eigenvalue weighted by Gasteiger charge is 2.21. The number of aryl methyl sites for hydroxylation is 1. The molecule has 1 saturated carbocycles. The summed E-state index contributed by atoms with van der Waals surface area (Å²) < 4.78 is 10.9. The van der Waals surface area contributed by atoms with Gasteiger partial charge in [0.15, 0.2) is 0 Å². The maximum absolute atomic E-state index is 5.87. The average Bonchev–Trinajstić information content (AvgIpc) is 2.50. The molecule has 21 heavy (non-hydrogen) atoms. The van der Waals surface area contributed by atoms with Crippen molar-refractivity contribution in [3.63, 3.8) is 0 Å². The fraction of sp³-hybridized carbons (Fsp3) is 0.667. The topological polar surface area (TPSA) is 30.5 Å². The summed E-state index contributed by atoms with van der Waals surface area (Å²) >= 11 is 0. The third-order valence-electron chi connectivity index (χ3n) is 4.40. The van der Waals surface area contributed by atoms with Crippen LogP contribution >= 0.6 is 0 Å². The van der Waals surface area contributed by atoms with Crippen molar-refractivity contribution in [3.8, 4) is 5.75 Å². The summed E-state index contributed by atoms with van der Waals surface area (Å²) in [5.41, 5.74) is 2.35. The van der Waals surface area contributed by atoms with E-state index in [0.29, 0.717) is 19.3 Å². The Balaban J connectivity index is 2.00. The Morgan fingerprint density at radius 3 is 2.86 bits per heavy atom. The maximum Gasteiger partial charge on any atom is 0.142 e. The number of ether oxygens (including phenoxy) is 2. The quantitative estimate of drug-likeness (QED) is 0.755. The van der Waals surface area contributed by atoms with Crippen LogP contribution in [0.1, 0.15) is 44.6 Å². The average molecular weight is 291 g/mol. The number of hydrogen-bond acceptors (Lipinski definition) is 3. The van der Waals surface area contributed by atoms with Gasteiger partial charge in [-0.15, -0.1) is 0 Å². The smallest absolute Gasteiger partial charge is 0.142 e. The third-order valence-corrected chi connectivity index (χ3v) is 4.40. The van der Waals surface area contributed by atoms with E-state index >= 15 is 0 Å². The van der Waals surface area contributed by atoms with E-state index in [1.807, 2.05) is 0 Å². The molecule has 1 N–H and O–H groups in total. The van der Waals surface area contributed by atoms with Crippen molar-refractivity contribution < 1.29 is 9.47 Å². The van der Waals surface area contributed by atoms with Gasteiger partial charge in [0.25, 0.3) is 0 Å². The normalized spacial score (nSPS) is 22.0. The van der Waals surface area contributed by atoms with E-state index in [4.69, 9.17) is 9.47 Å². The molecule has 2 rings (SSSR count). The highest BCUT2D eigenvalue weighted by Crippen LogP contribution is 2.32. The first-order valence-corrected chi connectivity index (χ1v) is 8.21. The van der Waals surface area contributed by atoms with E-state index in [-0.39, 0.29) is 0 Å². The molecule has 1 aliphatic carbocycles. The van der Waals surface area contributed by atoms with E-state index in [0.717, 1.165) is 17.4 Å². The SMILES string of the molecule is CCC1CCCC(Nc2ccc(C)cc2OCCOC)C1. The second kappa shape index (κ2) is 8.28. The summed E-state index contributed by atoms with van der Waals surface area (Å²) in [5, 5.41) is 3.70. The zero-order chi connectivity index (χ0) is 15.1. The van der Waals surface area contributed by atoms with Gasteiger partial charge in [-0.2, -0.15) is 0 Å². The summed E-state index contributed by atoms with van der Waals surface area (Å²) in [6.07, 6.45) is 6.56. The number of methoxy groups -OCH3 is 1. The van der Waals surface area contributed by atoms with Gasteiger partial charge in [-0.05, 0) is 43.4 Å². The lowest BCUT2D eigenvalue weighted by Gasteiger charge is -2.30. The second-order valence-corrected chi connectivity index (χ2v) is 6.12. The van der Waals surface area contributed by atoms with E-state index in [9.17, 15) is 0 Å². The van der Waals surface area contributed by atoms with Gasteiger partial charge in [-0.25, -0.2) is 0 Å². The van der Waals surface area contributed by atoms with E-state index in [1.165, 1.54) is 37.7 Å². The van der Waals surface area contributed by atoms with E-state index in [2.05, 4.69) is 37.4 Å². The van der Waals surface area contributed by atoms with Crippen molar-refractivity contribution >= 4 is 5.69 Å². The number of benzene rings is 1. The number of rotatable bonds is 7. The molecule has 0 bridgehead atoms. The second-order valence-electron chi connectivity index (χ2n) is 6.12. The summed E-state index contributed by atoms with van der Waals surface area (Å²) in [6.45, 7) is 5.62. The monoisotopic (exact) mass is 291 g/mol. The van der Waals surface area contributed by atoms with Crippen molar-refractivity contribution in [1.82, 2.24) is 0 Å². The maximum atomic E-state index is 5.87. The van der Waals surface area contributed by atoms with E-state index in [1.54, 1.807) is 7.11 Å². The lowest BCUT2D eigenvalue weighted by atomic mass is 9.84. The van der Waals surface area contributed by atoms with Gasteiger partial charge < -0.3 is 14.8 Å². The Labute approximate surface area is 129 Å². The highest BCUT2D eigenvalue weighted by molar-refractivity contribution is 5.58. The first-order valence-electron chi connectivity index (χ1n) is 8.21. The predicted octanol–water partition coefficient (Wildman–Crippen LogP) is 4.40. The number of nitrogens with one attached hydrogen (secondary N) is 1. The molecule has 2 atom stereocenters. The largest absolute Gasteiger partial charge is 0.489 e. The van der Waals surface area contributed by atoms with Crippen LogP contribution in [0.15, 0.2) is 18.2 Å². The minimum Gasteiger partial charge on any atom is -0.489 e. The van der Waals surface area contributed by atoms with Crippen LogP contribution < -0.4 is 10.1 Å². The van der Waals surface area contributed by atoms with Crippen LogP contribution in [0.4, 0.5) is 5.69 Å². The molecule has 118 valence electrons. The Hall–Kier alpha value is -1.22. The van der Waals surface area contributed by atoms with Crippen LogP contribution in [-0.2, 0) is 4.74 Å². The van der Waals surface area contributed by atoms with Gasteiger partial charge in [0.05, 0.1) is 12.3 Å². The van der Waals surface area contributed by atoms with Crippen molar-refractivity contribution in [2.75, 3.05) is 25.6 Å². The molecule has 0 spiro atoms. The molecule has 0 aromatic heterocycles. The van der Waals surface area contributed by atoms with Crippen molar-refractivity contribution in [1.29, 1.82) is 0 Å². The molecule has 0 aliphatic heterocycles. The van der Waals surface area contributed by atoms with Gasteiger partial charge in [0.1, 0.15) is 12.4 Å². The lowest BCUT2D eigenvalue weighted by molar-refractivity contribution is 0.146. The summed E-state index contributed by atoms with van der Waals surface area (Å²) in [6, 6.07) is 6.98. The molecule has 1 aromatic carbocycles. The molecule has 3 heteroatoms. The Morgan fingerprint density at radius 1 is 1.24 bits per heavy atom. The van der Waals surface area contributed by atoms with Gasteiger partial charge in [0, 0.05) is 13.2 Å². The van der Waals surface area contributed by atoms with Gasteiger partial charge in [-0.3, -0.25) is 0 Å². The molecule has 0 radical (unpaired) electrons. The summed E-state index contributed by atoms with van der Waals surface area (Å²) in [7, 11) is 1.70. The molecule has 1 fully saturated rings. The fourth-order valence-corrected chi connectivity index (χ4v) is 3.12. The van der Waals surface area contributed by atoms with Crippen molar-refractivity contribution in [2.24, 2.45) is 5.92 Å². The van der Waals surface area contributed by atoms with Gasteiger partial charge in [0.2, 0.25) is 0 Å². The van der Waals surface area contributed by atoms with E-state index < -0.39 is 0 Å². The lowest BCUT2D eigenvalue weighted by Crippen LogP contribution is -2.27.